The maximum Gasteiger partial charge on any atom is 0.330 e. The Balaban J connectivity index is 2.13. The van der Waals surface area contributed by atoms with Crippen molar-refractivity contribution in [2.75, 3.05) is 7.11 Å². The van der Waals surface area contributed by atoms with Gasteiger partial charge in [0, 0.05) is 11.5 Å². The second kappa shape index (κ2) is 5.84. The van der Waals surface area contributed by atoms with Crippen LogP contribution in [0.1, 0.15) is 39.2 Å². The molecule has 4 heteroatoms. The summed E-state index contributed by atoms with van der Waals surface area (Å²) in [4.78, 5) is 11.8. The molecular formula is C17H21BrO3. The van der Waals surface area contributed by atoms with Crippen LogP contribution in [-0.4, -0.2) is 18.7 Å². The predicted molar refractivity (Wildman–Crippen MR) is 86.6 cm³/mol. The number of esters is 1. The maximum absolute atomic E-state index is 11.8. The highest BCUT2D eigenvalue weighted by atomic mass is 79.9. The number of methoxy groups -OCH3 is 1. The van der Waals surface area contributed by atoms with E-state index < -0.39 is 5.60 Å². The van der Waals surface area contributed by atoms with Crippen LogP contribution in [0.3, 0.4) is 0 Å². The van der Waals surface area contributed by atoms with Crippen LogP contribution in [0.25, 0.3) is 0 Å². The zero-order valence-electron chi connectivity index (χ0n) is 12.9. The van der Waals surface area contributed by atoms with E-state index in [-0.39, 0.29) is 11.4 Å². The van der Waals surface area contributed by atoms with Crippen molar-refractivity contribution in [2.24, 2.45) is 0 Å². The first-order valence-electron chi connectivity index (χ1n) is 7.02. The smallest absolute Gasteiger partial charge is 0.330 e. The van der Waals surface area contributed by atoms with Crippen molar-refractivity contribution in [3.8, 4) is 5.75 Å². The largest absolute Gasteiger partial charge is 0.496 e. The number of carbonyl (C=O) groups is 1. The SMILES string of the molecule is COc1ccc(C2(/C=C/C(=O)OC(C)(C)C)CC2)cc1Br. The highest BCUT2D eigenvalue weighted by molar-refractivity contribution is 9.10. The lowest BCUT2D eigenvalue weighted by molar-refractivity contribution is -0.148. The van der Waals surface area contributed by atoms with E-state index in [1.165, 1.54) is 5.56 Å². The molecule has 1 aromatic rings. The van der Waals surface area contributed by atoms with Crippen molar-refractivity contribution >= 4 is 21.9 Å². The number of rotatable bonds is 4. The van der Waals surface area contributed by atoms with Crippen LogP contribution in [-0.2, 0) is 14.9 Å². The summed E-state index contributed by atoms with van der Waals surface area (Å²) < 4.78 is 11.5. The minimum absolute atomic E-state index is 0.0360. The van der Waals surface area contributed by atoms with E-state index in [0.29, 0.717) is 0 Å². The van der Waals surface area contributed by atoms with Gasteiger partial charge in [-0.25, -0.2) is 4.79 Å². The molecule has 3 nitrogen and oxygen atoms in total. The molecule has 1 aliphatic rings. The molecule has 2 rings (SSSR count). The number of carbonyl (C=O) groups excluding carboxylic acids is 1. The monoisotopic (exact) mass is 352 g/mol. The summed E-state index contributed by atoms with van der Waals surface area (Å²) >= 11 is 3.51. The van der Waals surface area contributed by atoms with E-state index in [1.807, 2.05) is 32.9 Å². The Morgan fingerprint density at radius 1 is 1.33 bits per heavy atom. The summed E-state index contributed by atoms with van der Waals surface area (Å²) in [6.45, 7) is 5.60. The average Bonchev–Trinajstić information content (AvgIpc) is 3.15. The molecule has 0 unspecified atom stereocenters. The lowest BCUT2D eigenvalue weighted by Crippen LogP contribution is -2.22. The Kier molecular flexibility index (Phi) is 4.47. The highest BCUT2D eigenvalue weighted by Gasteiger charge is 2.42. The molecule has 0 heterocycles. The number of halogens is 1. The van der Waals surface area contributed by atoms with Gasteiger partial charge in [0.1, 0.15) is 11.4 Å². The van der Waals surface area contributed by atoms with Gasteiger partial charge in [-0.05, 0) is 67.2 Å². The Morgan fingerprint density at radius 2 is 2.00 bits per heavy atom. The van der Waals surface area contributed by atoms with Crippen molar-refractivity contribution in [3.63, 3.8) is 0 Å². The Morgan fingerprint density at radius 3 is 2.48 bits per heavy atom. The number of benzene rings is 1. The summed E-state index contributed by atoms with van der Waals surface area (Å²) in [7, 11) is 1.65. The van der Waals surface area contributed by atoms with Gasteiger partial charge in [-0.2, -0.15) is 0 Å². The summed E-state index contributed by atoms with van der Waals surface area (Å²) in [5.41, 5.74) is 0.697. The number of allylic oxidation sites excluding steroid dienone is 1. The second-order valence-corrected chi connectivity index (χ2v) is 7.23. The lowest BCUT2D eigenvalue weighted by atomic mass is 9.95. The molecule has 0 spiro atoms. The number of ether oxygens (including phenoxy) is 2. The standard InChI is InChI=1S/C17H21BrO3/c1-16(2,3)21-15(19)7-8-17(9-10-17)12-5-6-14(20-4)13(18)11-12/h5-8,11H,9-10H2,1-4H3/b8-7+. The molecule has 1 saturated carbocycles. The minimum Gasteiger partial charge on any atom is -0.496 e. The topological polar surface area (TPSA) is 35.5 Å². The van der Waals surface area contributed by atoms with Crippen molar-refractivity contribution in [1.29, 1.82) is 0 Å². The van der Waals surface area contributed by atoms with E-state index in [4.69, 9.17) is 9.47 Å². The van der Waals surface area contributed by atoms with Crippen LogP contribution in [0.2, 0.25) is 0 Å². The van der Waals surface area contributed by atoms with Gasteiger partial charge in [-0.3, -0.25) is 0 Å². The summed E-state index contributed by atoms with van der Waals surface area (Å²) in [6, 6.07) is 6.06. The van der Waals surface area contributed by atoms with Gasteiger partial charge in [0.15, 0.2) is 0 Å². The molecular weight excluding hydrogens is 332 g/mol. The third-order valence-corrected chi connectivity index (χ3v) is 4.08. The molecule has 0 radical (unpaired) electrons. The van der Waals surface area contributed by atoms with E-state index in [9.17, 15) is 4.79 Å². The van der Waals surface area contributed by atoms with Gasteiger partial charge >= 0.3 is 5.97 Å². The highest BCUT2D eigenvalue weighted by Crippen LogP contribution is 2.50. The van der Waals surface area contributed by atoms with Crippen LogP contribution < -0.4 is 4.74 Å². The first kappa shape index (κ1) is 16.1. The van der Waals surface area contributed by atoms with Crippen LogP contribution in [0.5, 0.6) is 5.75 Å². The Bertz CT molecular complexity index is 566. The molecule has 0 saturated heterocycles. The van der Waals surface area contributed by atoms with Gasteiger partial charge in [0.25, 0.3) is 0 Å². The first-order valence-corrected chi connectivity index (χ1v) is 7.81. The maximum atomic E-state index is 11.8. The zero-order chi connectivity index (χ0) is 15.7. The summed E-state index contributed by atoms with van der Waals surface area (Å²) in [6.07, 6.45) is 5.61. The van der Waals surface area contributed by atoms with Crippen LogP contribution in [0.4, 0.5) is 0 Å². The third-order valence-electron chi connectivity index (χ3n) is 3.46. The van der Waals surface area contributed by atoms with Crippen molar-refractivity contribution in [1.82, 2.24) is 0 Å². The molecule has 0 bridgehead atoms. The molecule has 0 aromatic heterocycles. The average molecular weight is 353 g/mol. The Hall–Kier alpha value is -1.29. The molecule has 0 amide bonds. The molecule has 1 aromatic carbocycles. The summed E-state index contributed by atoms with van der Waals surface area (Å²) in [5, 5.41) is 0. The van der Waals surface area contributed by atoms with Gasteiger partial charge in [0.2, 0.25) is 0 Å². The quantitative estimate of drug-likeness (QED) is 0.595. The molecule has 21 heavy (non-hydrogen) atoms. The van der Waals surface area contributed by atoms with E-state index in [0.717, 1.165) is 23.1 Å². The van der Waals surface area contributed by atoms with E-state index in [2.05, 4.69) is 28.1 Å². The third kappa shape index (κ3) is 4.10. The van der Waals surface area contributed by atoms with Gasteiger partial charge < -0.3 is 9.47 Å². The number of hydrogen-bond donors (Lipinski definition) is 0. The normalized spacial score (nSPS) is 16.8. The number of hydrogen-bond acceptors (Lipinski definition) is 3. The second-order valence-electron chi connectivity index (χ2n) is 6.37. The van der Waals surface area contributed by atoms with Crippen LogP contribution in [0.15, 0.2) is 34.8 Å². The fourth-order valence-corrected chi connectivity index (χ4v) is 2.77. The van der Waals surface area contributed by atoms with Gasteiger partial charge in [0.05, 0.1) is 11.6 Å². The fraction of sp³-hybridized carbons (Fsp3) is 0.471. The predicted octanol–water partition coefficient (Wildman–Crippen LogP) is 4.39. The van der Waals surface area contributed by atoms with Crippen molar-refractivity contribution in [2.45, 2.75) is 44.6 Å². The molecule has 1 fully saturated rings. The lowest BCUT2D eigenvalue weighted by Gasteiger charge is -2.18. The summed E-state index contributed by atoms with van der Waals surface area (Å²) in [5.74, 6) is 0.520. The molecule has 0 aliphatic heterocycles. The van der Waals surface area contributed by atoms with Gasteiger partial charge in [-0.1, -0.05) is 12.1 Å². The molecule has 0 N–H and O–H groups in total. The van der Waals surface area contributed by atoms with Crippen LogP contribution >= 0.6 is 15.9 Å². The van der Waals surface area contributed by atoms with Crippen molar-refractivity contribution < 1.29 is 14.3 Å². The molecule has 114 valence electrons. The fourth-order valence-electron chi connectivity index (χ4n) is 2.23. The van der Waals surface area contributed by atoms with Crippen LogP contribution in [0, 0.1) is 0 Å². The Labute approximate surface area is 134 Å². The van der Waals surface area contributed by atoms with Gasteiger partial charge in [-0.15, -0.1) is 0 Å². The minimum atomic E-state index is -0.457. The van der Waals surface area contributed by atoms with Crippen molar-refractivity contribution in [3.05, 3.63) is 40.4 Å². The molecule has 1 aliphatic carbocycles. The zero-order valence-corrected chi connectivity index (χ0v) is 14.5. The first-order chi connectivity index (χ1) is 9.76. The molecule has 0 atom stereocenters. The van der Waals surface area contributed by atoms with E-state index in [1.54, 1.807) is 13.2 Å². The van der Waals surface area contributed by atoms with E-state index >= 15 is 0 Å².